The van der Waals surface area contributed by atoms with E-state index in [1.165, 1.54) is 11.3 Å². The number of amides is 3. The van der Waals surface area contributed by atoms with Crippen molar-refractivity contribution >= 4 is 72.3 Å². The molecule has 3 heterocycles. The number of nitrogens with zero attached hydrogens (tertiary/aromatic N) is 2. The molecule has 1 N–H and O–H groups in total. The third-order valence-electron chi connectivity index (χ3n) is 4.78. The summed E-state index contributed by atoms with van der Waals surface area (Å²) in [4.78, 5) is 40.9. The Kier molecular flexibility index (Phi) is 6.05. The molecule has 2 aliphatic heterocycles. The van der Waals surface area contributed by atoms with Gasteiger partial charge in [0.15, 0.2) is 0 Å². The second-order valence-electron chi connectivity index (χ2n) is 6.72. The number of anilines is 2. The van der Waals surface area contributed by atoms with Crippen LogP contribution in [0, 0.1) is 0 Å². The normalized spacial score (nSPS) is 19.7. The average molecular weight is 543 g/mol. The highest BCUT2D eigenvalue weighted by Crippen LogP contribution is 2.33. The Balaban J connectivity index is 1.46. The first-order chi connectivity index (χ1) is 13.9. The van der Waals surface area contributed by atoms with Crippen molar-refractivity contribution < 1.29 is 19.1 Å². The predicted molar refractivity (Wildman–Crippen MR) is 118 cm³/mol. The Hall–Kier alpha value is -1.75. The molecule has 1 aromatic carbocycles. The Morgan fingerprint density at radius 3 is 2.66 bits per heavy atom. The van der Waals surface area contributed by atoms with E-state index in [-0.39, 0.29) is 36.8 Å². The van der Waals surface area contributed by atoms with Crippen molar-refractivity contribution in [1.29, 1.82) is 0 Å². The van der Waals surface area contributed by atoms with Crippen LogP contribution >= 0.6 is 43.2 Å². The third-order valence-corrected chi connectivity index (χ3v) is 7.03. The zero-order chi connectivity index (χ0) is 20.5. The predicted octanol–water partition coefficient (Wildman–Crippen LogP) is 3.17. The second kappa shape index (κ2) is 8.55. The molecule has 3 amide bonds. The van der Waals surface area contributed by atoms with Crippen molar-refractivity contribution in [2.45, 2.75) is 12.5 Å². The number of halogens is 2. The lowest BCUT2D eigenvalue weighted by Crippen LogP contribution is -2.41. The summed E-state index contributed by atoms with van der Waals surface area (Å²) in [6.07, 6.45) is 0.250. The number of hydrogen-bond donors (Lipinski definition) is 1. The van der Waals surface area contributed by atoms with Crippen molar-refractivity contribution in [2.75, 3.05) is 36.1 Å². The molecular formula is C19H17Br2N3O4S. The zero-order valence-corrected chi connectivity index (χ0v) is 19.2. The highest BCUT2D eigenvalue weighted by molar-refractivity contribution is 9.11. The molecule has 29 heavy (non-hydrogen) atoms. The topological polar surface area (TPSA) is 79.0 Å². The molecule has 4 rings (SSSR count). The summed E-state index contributed by atoms with van der Waals surface area (Å²) < 4.78 is 6.79. The molecule has 1 atom stereocenters. The van der Waals surface area contributed by atoms with E-state index in [1.807, 2.05) is 24.3 Å². The van der Waals surface area contributed by atoms with Gasteiger partial charge in [-0.1, -0.05) is 0 Å². The molecule has 2 aromatic rings. The van der Waals surface area contributed by atoms with Gasteiger partial charge >= 0.3 is 0 Å². The summed E-state index contributed by atoms with van der Waals surface area (Å²) in [6.45, 7) is 1.46. The number of thiophene rings is 1. The van der Waals surface area contributed by atoms with Crippen LogP contribution in [-0.2, 0) is 14.3 Å². The maximum absolute atomic E-state index is 12.5. The molecule has 0 bridgehead atoms. The van der Waals surface area contributed by atoms with Gasteiger partial charge in [-0.15, -0.1) is 11.3 Å². The zero-order valence-electron chi connectivity index (χ0n) is 15.2. The number of benzene rings is 1. The first-order valence-corrected chi connectivity index (χ1v) is 11.4. The van der Waals surface area contributed by atoms with Crippen LogP contribution < -0.4 is 15.1 Å². The number of hydrogen-bond acceptors (Lipinski definition) is 5. The number of ether oxygens (including phenoxy) is 1. The molecule has 0 aliphatic carbocycles. The number of rotatable bonds is 4. The quantitative estimate of drug-likeness (QED) is 0.643. The lowest BCUT2D eigenvalue weighted by atomic mass is 10.2. The van der Waals surface area contributed by atoms with E-state index in [2.05, 4.69) is 37.2 Å². The Morgan fingerprint density at radius 2 is 1.97 bits per heavy atom. The van der Waals surface area contributed by atoms with Crippen LogP contribution in [0.5, 0.6) is 0 Å². The van der Waals surface area contributed by atoms with E-state index in [0.29, 0.717) is 24.6 Å². The van der Waals surface area contributed by atoms with Crippen LogP contribution in [-0.4, -0.2) is 50.1 Å². The Bertz CT molecular complexity index is 980. The summed E-state index contributed by atoms with van der Waals surface area (Å²) in [6, 6.07) is 8.80. The van der Waals surface area contributed by atoms with Crippen LogP contribution in [0.25, 0.3) is 0 Å². The highest BCUT2D eigenvalue weighted by atomic mass is 79.9. The molecule has 0 spiro atoms. The molecule has 0 unspecified atom stereocenters. The van der Waals surface area contributed by atoms with Crippen molar-refractivity contribution in [3.63, 3.8) is 0 Å². The minimum absolute atomic E-state index is 0.0511. The number of carbonyl (C=O) groups is 3. The van der Waals surface area contributed by atoms with Crippen LogP contribution in [0.15, 0.2) is 38.6 Å². The highest BCUT2D eigenvalue weighted by Gasteiger charge is 2.32. The molecule has 2 fully saturated rings. The lowest BCUT2D eigenvalue weighted by molar-refractivity contribution is -0.125. The number of carbonyl (C=O) groups excluding carboxylic acids is 3. The van der Waals surface area contributed by atoms with E-state index in [9.17, 15) is 14.4 Å². The van der Waals surface area contributed by atoms with Crippen LogP contribution in [0.4, 0.5) is 11.4 Å². The molecular weight excluding hydrogens is 526 g/mol. The fraction of sp³-hybridized carbons (Fsp3) is 0.316. The van der Waals surface area contributed by atoms with E-state index in [4.69, 9.17) is 4.74 Å². The Morgan fingerprint density at radius 1 is 1.14 bits per heavy atom. The largest absolute Gasteiger partial charge is 0.370 e. The third kappa shape index (κ3) is 4.40. The van der Waals surface area contributed by atoms with Crippen LogP contribution in [0.1, 0.15) is 16.1 Å². The van der Waals surface area contributed by atoms with Crippen molar-refractivity contribution in [2.24, 2.45) is 0 Å². The molecule has 7 nitrogen and oxygen atoms in total. The number of nitrogens with one attached hydrogen (secondary N) is 1. The molecule has 0 radical (unpaired) electrons. The van der Waals surface area contributed by atoms with Crippen LogP contribution in [0.2, 0.25) is 0 Å². The first kappa shape index (κ1) is 20.5. The van der Waals surface area contributed by atoms with Gasteiger partial charge in [0.25, 0.3) is 11.8 Å². The van der Waals surface area contributed by atoms with Gasteiger partial charge in [0, 0.05) is 29.7 Å². The van der Waals surface area contributed by atoms with E-state index >= 15 is 0 Å². The summed E-state index contributed by atoms with van der Waals surface area (Å²) >= 11 is 8.22. The fourth-order valence-electron chi connectivity index (χ4n) is 3.40. The second-order valence-corrected chi connectivity index (χ2v) is 10.0. The van der Waals surface area contributed by atoms with E-state index in [1.54, 1.807) is 15.9 Å². The van der Waals surface area contributed by atoms with Gasteiger partial charge in [-0.3, -0.25) is 14.4 Å². The van der Waals surface area contributed by atoms with Crippen LogP contribution in [0.3, 0.4) is 0 Å². The standard InChI is InChI=1S/C19H17Br2N3O4S/c20-13-8-12(1-2-14(13)23-5-6-28-10-18(23)26)24-9-11(7-17(24)25)22-19(27)15-3-4-16(21)29-15/h1-4,8,11H,5-7,9-10H2,(H,22,27)/t11-/m1/s1. The van der Waals surface area contributed by atoms with Gasteiger partial charge in [0.05, 0.1) is 27.0 Å². The van der Waals surface area contributed by atoms with Gasteiger partial charge in [0.1, 0.15) is 6.61 Å². The minimum atomic E-state index is -0.254. The van der Waals surface area contributed by atoms with E-state index < -0.39 is 0 Å². The first-order valence-electron chi connectivity index (χ1n) is 8.96. The van der Waals surface area contributed by atoms with E-state index in [0.717, 1.165) is 19.6 Å². The van der Waals surface area contributed by atoms with Crippen molar-refractivity contribution in [1.82, 2.24) is 5.32 Å². The maximum atomic E-state index is 12.5. The van der Waals surface area contributed by atoms with Gasteiger partial charge in [-0.05, 0) is 62.2 Å². The minimum Gasteiger partial charge on any atom is -0.370 e. The average Bonchev–Trinajstić information content (AvgIpc) is 3.28. The molecule has 10 heteroatoms. The Labute approximate surface area is 188 Å². The van der Waals surface area contributed by atoms with Crippen molar-refractivity contribution in [3.05, 3.63) is 43.5 Å². The molecule has 0 saturated carbocycles. The number of morpholine rings is 1. The van der Waals surface area contributed by atoms with Gasteiger partial charge in [-0.2, -0.15) is 0 Å². The molecule has 2 aliphatic rings. The molecule has 152 valence electrons. The smallest absolute Gasteiger partial charge is 0.261 e. The maximum Gasteiger partial charge on any atom is 0.261 e. The monoisotopic (exact) mass is 541 g/mol. The summed E-state index contributed by atoms with van der Waals surface area (Å²) in [5, 5.41) is 2.93. The van der Waals surface area contributed by atoms with Gasteiger partial charge < -0.3 is 19.9 Å². The molecule has 2 saturated heterocycles. The lowest BCUT2D eigenvalue weighted by Gasteiger charge is -2.28. The summed E-state index contributed by atoms with van der Waals surface area (Å²) in [7, 11) is 0. The summed E-state index contributed by atoms with van der Waals surface area (Å²) in [5.41, 5.74) is 1.48. The van der Waals surface area contributed by atoms with Gasteiger partial charge in [0.2, 0.25) is 5.91 Å². The van der Waals surface area contributed by atoms with Crippen molar-refractivity contribution in [3.8, 4) is 0 Å². The summed E-state index contributed by atoms with van der Waals surface area (Å²) in [5.74, 6) is -0.322. The fourth-order valence-corrected chi connectivity index (χ4v) is 5.27. The molecule has 1 aromatic heterocycles. The SMILES string of the molecule is O=C(N[C@@H]1CC(=O)N(c2ccc(N3CCOCC3=O)c(Br)c2)C1)c1ccc(Br)s1. The van der Waals surface area contributed by atoms with Gasteiger partial charge in [-0.25, -0.2) is 0 Å².